The quantitative estimate of drug-likeness (QED) is 0.220. The van der Waals surface area contributed by atoms with Crippen LogP contribution < -0.4 is 47.9 Å². The van der Waals surface area contributed by atoms with Gasteiger partial charge in [-0.25, -0.2) is 37.3 Å². The first-order chi connectivity index (χ1) is 15.9. The first kappa shape index (κ1) is 33.6. The Morgan fingerprint density at radius 3 is 1.14 bits per heavy atom. The molecule has 0 spiro atoms. The molecule has 186 valence electrons. The molecule has 0 fully saturated rings. The van der Waals surface area contributed by atoms with Gasteiger partial charge in [0.25, 0.3) is 0 Å². The van der Waals surface area contributed by atoms with Crippen molar-refractivity contribution < 1.29 is 85.1 Å². The van der Waals surface area contributed by atoms with E-state index >= 15 is 0 Å². The van der Waals surface area contributed by atoms with E-state index in [1.54, 1.807) is 0 Å². The smallest absolute Gasteiger partial charge is 0.306 e. The third kappa shape index (κ3) is 22.7. The number of aromatic nitrogens is 3. The molecule has 0 aliphatic rings. The maximum atomic E-state index is 8.49. The van der Waals surface area contributed by atoms with E-state index in [2.05, 4.69) is 25.6 Å². The summed E-state index contributed by atoms with van der Waals surface area (Å²) < 4.78 is 67.9. The number of pyridine rings is 3. The Morgan fingerprint density at radius 1 is 0.514 bits per heavy atom. The molecule has 3 rings (SSSR count). The molecule has 0 aromatic carbocycles. The summed E-state index contributed by atoms with van der Waals surface area (Å²) in [6, 6.07) is 18.0. The molecular formula is C19H21CdCl2N5O8. The van der Waals surface area contributed by atoms with Gasteiger partial charge >= 0.3 is 27.3 Å². The standard InChI is InChI=1S/C19H21N5.Cd.2ClHO4/c1-3-10-22-16(6-1)12-20-14-18-8-5-9-19(24-18)15-21-13-17-7-2-4-11-23-17;;2*2-1(3,4)5/h1-11,20-21H,12-15H2;;2*(H,2,3,4,5)/q;+2;;/p-2. The Balaban J connectivity index is 0.000000894. The molecule has 0 unspecified atom stereocenters. The first-order valence-electron chi connectivity index (χ1n) is 9.30. The Kier molecular flexibility index (Phi) is 17.2. The predicted octanol–water partition coefficient (Wildman–Crippen LogP) is -7.06. The van der Waals surface area contributed by atoms with Crippen LogP contribution in [0, 0.1) is 20.5 Å². The molecule has 2 N–H and O–H groups in total. The van der Waals surface area contributed by atoms with Crippen LogP contribution in [0.15, 0.2) is 67.0 Å². The van der Waals surface area contributed by atoms with Gasteiger partial charge in [0.2, 0.25) is 0 Å². The summed E-state index contributed by atoms with van der Waals surface area (Å²) in [7, 11) is -9.89. The number of nitrogens with one attached hydrogen (secondary N) is 2. The van der Waals surface area contributed by atoms with Gasteiger partial charge in [-0.15, -0.1) is 20.5 Å². The van der Waals surface area contributed by atoms with E-state index in [0.29, 0.717) is 0 Å². The zero-order chi connectivity index (χ0) is 25.5. The molecule has 16 heteroatoms. The van der Waals surface area contributed by atoms with Crippen molar-refractivity contribution >= 4 is 0 Å². The molecule has 0 aliphatic carbocycles. The zero-order valence-corrected chi connectivity index (χ0v) is 23.8. The zero-order valence-electron chi connectivity index (χ0n) is 18.2. The second-order valence-corrected chi connectivity index (χ2v) is 7.74. The number of hydrogen-bond acceptors (Lipinski definition) is 13. The fourth-order valence-corrected chi connectivity index (χ4v) is 2.37. The molecule has 0 saturated carbocycles. The number of rotatable bonds is 8. The number of nitrogens with zero attached hydrogens (tertiary/aromatic N) is 3. The van der Waals surface area contributed by atoms with E-state index in [4.69, 9.17) is 37.3 Å². The summed E-state index contributed by atoms with van der Waals surface area (Å²) >= 11 is 0. The first-order valence-corrected chi connectivity index (χ1v) is 11.8. The molecule has 3 aromatic heterocycles. The summed E-state index contributed by atoms with van der Waals surface area (Å²) in [6.45, 7) is 2.94. The van der Waals surface area contributed by atoms with E-state index in [-0.39, 0.29) is 27.3 Å². The Bertz CT molecular complexity index is 853. The molecule has 35 heavy (non-hydrogen) atoms. The monoisotopic (exact) mass is 631 g/mol. The fraction of sp³-hybridized carbons (Fsp3) is 0.211. The Labute approximate surface area is 225 Å². The van der Waals surface area contributed by atoms with Crippen LogP contribution in [0.3, 0.4) is 0 Å². The molecule has 0 radical (unpaired) electrons. The molecule has 0 saturated heterocycles. The van der Waals surface area contributed by atoms with Crippen molar-refractivity contribution in [2.75, 3.05) is 0 Å². The van der Waals surface area contributed by atoms with Gasteiger partial charge < -0.3 is 10.6 Å². The van der Waals surface area contributed by atoms with Crippen molar-refractivity contribution in [2.45, 2.75) is 26.2 Å². The summed E-state index contributed by atoms with van der Waals surface area (Å²) in [6.07, 6.45) is 3.62. The van der Waals surface area contributed by atoms with E-state index in [0.717, 1.165) is 49.0 Å². The van der Waals surface area contributed by atoms with Crippen molar-refractivity contribution in [3.63, 3.8) is 0 Å². The minimum atomic E-state index is -4.94. The van der Waals surface area contributed by atoms with Gasteiger partial charge in [-0.3, -0.25) is 15.0 Å². The van der Waals surface area contributed by atoms with Crippen LogP contribution in [-0.4, -0.2) is 15.0 Å². The average molecular weight is 631 g/mol. The Morgan fingerprint density at radius 2 is 0.829 bits per heavy atom. The average Bonchev–Trinajstić information content (AvgIpc) is 2.73. The van der Waals surface area contributed by atoms with Crippen molar-refractivity contribution in [1.82, 2.24) is 25.6 Å². The predicted molar refractivity (Wildman–Crippen MR) is 93.8 cm³/mol. The van der Waals surface area contributed by atoms with Crippen molar-refractivity contribution in [1.29, 1.82) is 0 Å². The number of halogens is 2. The molecule has 0 atom stereocenters. The van der Waals surface area contributed by atoms with Crippen LogP contribution in [0.1, 0.15) is 22.8 Å². The van der Waals surface area contributed by atoms with E-state index in [9.17, 15) is 0 Å². The summed E-state index contributed by atoms with van der Waals surface area (Å²) in [5.74, 6) is 0. The van der Waals surface area contributed by atoms with E-state index in [1.165, 1.54) is 0 Å². The molecular weight excluding hydrogens is 610 g/mol. The van der Waals surface area contributed by atoms with E-state index < -0.39 is 20.5 Å². The van der Waals surface area contributed by atoms with E-state index in [1.807, 2.05) is 67.0 Å². The van der Waals surface area contributed by atoms with Gasteiger partial charge in [0.05, 0.1) is 22.8 Å². The van der Waals surface area contributed by atoms with Crippen LogP contribution in [0.4, 0.5) is 0 Å². The maximum Gasteiger partial charge on any atom is 2.00 e. The van der Waals surface area contributed by atoms with Crippen molar-refractivity contribution in [2.24, 2.45) is 0 Å². The minimum absolute atomic E-state index is 0. The normalized spacial score (nSPS) is 10.7. The minimum Gasteiger partial charge on any atom is -0.306 e. The van der Waals surface area contributed by atoms with Crippen molar-refractivity contribution in [3.8, 4) is 0 Å². The SMILES string of the molecule is [Cd+2].[O-][Cl+3]([O-])([O-])[O-].[O-][Cl+3]([O-])([O-])[O-].c1ccc(CNCc2cccc(CNCc3ccccn3)n2)nc1. The molecule has 3 heterocycles. The largest absolute Gasteiger partial charge is 2.00 e. The van der Waals surface area contributed by atoms with Gasteiger partial charge in [-0.05, 0) is 36.4 Å². The van der Waals surface area contributed by atoms with Crippen LogP contribution in [0.2, 0.25) is 0 Å². The van der Waals surface area contributed by atoms with Gasteiger partial charge in [-0.2, -0.15) is 0 Å². The fourth-order valence-electron chi connectivity index (χ4n) is 2.37. The second kappa shape index (κ2) is 17.9. The molecule has 0 aliphatic heterocycles. The van der Waals surface area contributed by atoms with Crippen LogP contribution >= 0.6 is 0 Å². The van der Waals surface area contributed by atoms with Gasteiger partial charge in [-0.1, -0.05) is 18.2 Å². The van der Waals surface area contributed by atoms with Gasteiger partial charge in [0.1, 0.15) is 0 Å². The summed E-state index contributed by atoms with van der Waals surface area (Å²) in [5, 5.41) is 6.74. The molecule has 0 amide bonds. The van der Waals surface area contributed by atoms with Gasteiger partial charge in [0.15, 0.2) is 0 Å². The van der Waals surface area contributed by atoms with Crippen LogP contribution in [-0.2, 0) is 53.5 Å². The Hall–Kier alpha value is -1.45. The molecule has 3 aromatic rings. The third-order valence-electron chi connectivity index (χ3n) is 3.54. The van der Waals surface area contributed by atoms with Crippen molar-refractivity contribution in [3.05, 3.63) is 89.8 Å². The second-order valence-electron chi connectivity index (χ2n) is 6.23. The maximum absolute atomic E-state index is 8.49. The molecule has 0 bridgehead atoms. The van der Waals surface area contributed by atoms with Crippen LogP contribution in [0.25, 0.3) is 0 Å². The summed E-state index contributed by atoms with van der Waals surface area (Å²) in [5.41, 5.74) is 4.13. The topological polar surface area (TPSA) is 247 Å². The van der Waals surface area contributed by atoms with Crippen LogP contribution in [0.5, 0.6) is 0 Å². The number of hydrogen-bond donors (Lipinski definition) is 2. The third-order valence-corrected chi connectivity index (χ3v) is 3.54. The van der Waals surface area contributed by atoms with Gasteiger partial charge in [0, 0.05) is 38.6 Å². The summed E-state index contributed by atoms with van der Waals surface area (Å²) in [4.78, 5) is 13.3. The molecule has 13 nitrogen and oxygen atoms in total.